The lowest BCUT2D eigenvalue weighted by Crippen LogP contribution is -2.46. The van der Waals surface area contributed by atoms with Crippen LogP contribution in [0.25, 0.3) is 0 Å². The van der Waals surface area contributed by atoms with Gasteiger partial charge in [-0.05, 0) is 26.0 Å². The Kier molecular flexibility index (Phi) is 9.12. The van der Waals surface area contributed by atoms with E-state index in [1.54, 1.807) is 7.05 Å². The van der Waals surface area contributed by atoms with Gasteiger partial charge in [-0.2, -0.15) is 0 Å². The Morgan fingerprint density at radius 2 is 2.00 bits per heavy atom. The number of nitrogens with one attached hydrogen (secondary N) is 2. The summed E-state index contributed by atoms with van der Waals surface area (Å²) in [6.45, 7) is 8.95. The summed E-state index contributed by atoms with van der Waals surface area (Å²) >= 11 is 1.86. The van der Waals surface area contributed by atoms with Gasteiger partial charge in [0.2, 0.25) is 0 Å². The first-order chi connectivity index (χ1) is 13.1. The number of thiophene rings is 1. The molecule has 1 atom stereocenters. The highest BCUT2D eigenvalue weighted by Gasteiger charge is 2.24. The molecule has 0 spiro atoms. The summed E-state index contributed by atoms with van der Waals surface area (Å²) < 4.78 is 7.51. The van der Waals surface area contributed by atoms with Gasteiger partial charge in [0, 0.05) is 43.5 Å². The Balaban J connectivity index is 0.00000280. The van der Waals surface area contributed by atoms with Gasteiger partial charge in [0.05, 0.1) is 25.8 Å². The Morgan fingerprint density at radius 3 is 2.57 bits per heavy atom. The molecule has 0 amide bonds. The van der Waals surface area contributed by atoms with Gasteiger partial charge >= 0.3 is 0 Å². The summed E-state index contributed by atoms with van der Waals surface area (Å²) in [6, 6.07) is 4.74. The molecule has 10 heteroatoms. The molecule has 3 rings (SSSR count). The minimum atomic E-state index is 0. The monoisotopic (exact) mass is 519 g/mol. The number of aryl methyl sites for hydroxylation is 2. The zero-order valence-corrected chi connectivity index (χ0v) is 20.1. The van der Waals surface area contributed by atoms with Gasteiger partial charge in [-0.25, -0.2) is 0 Å². The molecule has 0 radical (unpaired) electrons. The van der Waals surface area contributed by atoms with Crippen LogP contribution >= 0.6 is 35.3 Å². The highest BCUT2D eigenvalue weighted by Crippen LogP contribution is 2.27. The predicted octanol–water partition coefficient (Wildman–Crippen LogP) is 1.85. The van der Waals surface area contributed by atoms with Crippen LogP contribution in [0.1, 0.15) is 27.4 Å². The number of aliphatic imine (C=N–C) groups is 1. The highest BCUT2D eigenvalue weighted by molar-refractivity contribution is 14.0. The third-order valence-electron chi connectivity index (χ3n) is 4.86. The van der Waals surface area contributed by atoms with Crippen molar-refractivity contribution in [2.24, 2.45) is 12.0 Å². The molecule has 1 unspecified atom stereocenters. The molecule has 156 valence electrons. The highest BCUT2D eigenvalue weighted by atomic mass is 127. The normalized spacial score (nSPS) is 16.5. The molecule has 2 N–H and O–H groups in total. The van der Waals surface area contributed by atoms with Crippen LogP contribution in [0.4, 0.5) is 0 Å². The van der Waals surface area contributed by atoms with Gasteiger partial charge in [-0.1, -0.05) is 0 Å². The molecule has 28 heavy (non-hydrogen) atoms. The first-order valence-corrected chi connectivity index (χ1v) is 10.1. The number of nitrogens with zero attached hydrogens (tertiary/aromatic N) is 5. The number of rotatable bonds is 6. The largest absolute Gasteiger partial charge is 0.379 e. The minimum Gasteiger partial charge on any atom is -0.379 e. The summed E-state index contributed by atoms with van der Waals surface area (Å²) in [5, 5.41) is 15.1. The zero-order valence-electron chi connectivity index (χ0n) is 16.9. The molecule has 2 aromatic heterocycles. The Hall–Kier alpha value is -1.24. The first-order valence-electron chi connectivity index (χ1n) is 9.26. The third-order valence-corrected chi connectivity index (χ3v) is 5.96. The zero-order chi connectivity index (χ0) is 19.2. The fraction of sp³-hybridized carbons (Fsp3) is 0.611. The summed E-state index contributed by atoms with van der Waals surface area (Å²) in [7, 11) is 3.76. The minimum absolute atomic E-state index is 0. The van der Waals surface area contributed by atoms with E-state index in [1.165, 1.54) is 9.75 Å². The summed E-state index contributed by atoms with van der Waals surface area (Å²) in [6.07, 6.45) is 0. The van der Waals surface area contributed by atoms with Crippen molar-refractivity contribution < 1.29 is 4.74 Å². The number of hydrogen-bond donors (Lipinski definition) is 2. The van der Waals surface area contributed by atoms with Crippen molar-refractivity contribution in [3.63, 3.8) is 0 Å². The maximum absolute atomic E-state index is 5.53. The average Bonchev–Trinajstić information content (AvgIpc) is 3.25. The van der Waals surface area contributed by atoms with Crippen molar-refractivity contribution in [1.29, 1.82) is 0 Å². The van der Waals surface area contributed by atoms with Gasteiger partial charge in [0.1, 0.15) is 5.82 Å². The molecular weight excluding hydrogens is 489 g/mol. The van der Waals surface area contributed by atoms with Crippen LogP contribution in [0.2, 0.25) is 0 Å². The molecule has 0 saturated carbocycles. The molecule has 3 heterocycles. The number of morpholine rings is 1. The van der Waals surface area contributed by atoms with E-state index < -0.39 is 0 Å². The summed E-state index contributed by atoms with van der Waals surface area (Å²) in [5.41, 5.74) is 0. The average molecular weight is 519 g/mol. The summed E-state index contributed by atoms with van der Waals surface area (Å²) in [4.78, 5) is 9.55. The second kappa shape index (κ2) is 11.1. The number of halogens is 1. The second-order valence-corrected chi connectivity index (χ2v) is 7.96. The molecule has 0 bridgehead atoms. The van der Waals surface area contributed by atoms with Crippen molar-refractivity contribution in [2.45, 2.75) is 26.4 Å². The van der Waals surface area contributed by atoms with Crippen LogP contribution in [0.5, 0.6) is 0 Å². The number of ether oxygens (including phenoxy) is 1. The Labute approximate surface area is 187 Å². The molecule has 1 fully saturated rings. The van der Waals surface area contributed by atoms with Gasteiger partial charge in [-0.3, -0.25) is 9.89 Å². The molecule has 1 aliphatic heterocycles. The van der Waals surface area contributed by atoms with Crippen molar-refractivity contribution in [3.05, 3.63) is 33.5 Å². The second-order valence-electron chi connectivity index (χ2n) is 6.64. The van der Waals surface area contributed by atoms with Crippen LogP contribution in [-0.2, 0) is 18.3 Å². The first kappa shape index (κ1) is 23.0. The Bertz CT molecular complexity index is 770. The van der Waals surface area contributed by atoms with Crippen LogP contribution in [0.3, 0.4) is 0 Å². The van der Waals surface area contributed by atoms with E-state index >= 15 is 0 Å². The third kappa shape index (κ3) is 5.88. The van der Waals surface area contributed by atoms with E-state index in [0.717, 1.165) is 50.5 Å². The standard InChI is InChI=1S/C18H29N7OS.HI/c1-13-5-6-16(27-13)15(25-7-9-26-10-8-25)11-20-18(19-3)21-12-17-23-22-14(2)24(17)4;/h5-6,15H,7-12H2,1-4H3,(H2,19,20,21);1H. The van der Waals surface area contributed by atoms with Crippen molar-refractivity contribution in [1.82, 2.24) is 30.3 Å². The quantitative estimate of drug-likeness (QED) is 0.345. The van der Waals surface area contributed by atoms with E-state index in [2.05, 4.69) is 49.8 Å². The molecule has 1 aliphatic rings. The molecule has 2 aromatic rings. The lowest BCUT2D eigenvalue weighted by Gasteiger charge is -2.34. The van der Waals surface area contributed by atoms with Crippen LogP contribution in [0.15, 0.2) is 17.1 Å². The maximum Gasteiger partial charge on any atom is 0.191 e. The van der Waals surface area contributed by atoms with Crippen LogP contribution in [0, 0.1) is 13.8 Å². The molecule has 8 nitrogen and oxygen atoms in total. The number of hydrogen-bond acceptors (Lipinski definition) is 6. The van der Waals surface area contributed by atoms with Crippen LogP contribution in [-0.4, -0.2) is 65.5 Å². The van der Waals surface area contributed by atoms with E-state index in [1.807, 2.05) is 29.9 Å². The van der Waals surface area contributed by atoms with Crippen molar-refractivity contribution >= 4 is 41.3 Å². The Morgan fingerprint density at radius 1 is 1.25 bits per heavy atom. The fourth-order valence-corrected chi connectivity index (χ4v) is 4.13. The lowest BCUT2D eigenvalue weighted by molar-refractivity contribution is 0.0177. The van der Waals surface area contributed by atoms with Gasteiger partial charge < -0.3 is 19.9 Å². The summed E-state index contributed by atoms with van der Waals surface area (Å²) in [5.74, 6) is 2.55. The van der Waals surface area contributed by atoms with E-state index in [4.69, 9.17) is 4.74 Å². The van der Waals surface area contributed by atoms with Crippen molar-refractivity contribution in [2.75, 3.05) is 39.9 Å². The SMILES string of the molecule is CN=C(NCc1nnc(C)n1C)NCC(c1ccc(C)s1)N1CCOCC1.I. The van der Waals surface area contributed by atoms with E-state index in [9.17, 15) is 0 Å². The number of guanidine groups is 1. The lowest BCUT2D eigenvalue weighted by atomic mass is 10.2. The van der Waals surface area contributed by atoms with Crippen molar-refractivity contribution in [3.8, 4) is 0 Å². The van der Waals surface area contributed by atoms with E-state index in [0.29, 0.717) is 12.6 Å². The molecule has 0 aromatic carbocycles. The molecule has 1 saturated heterocycles. The topological polar surface area (TPSA) is 79.6 Å². The molecule has 0 aliphatic carbocycles. The number of aromatic nitrogens is 3. The fourth-order valence-electron chi connectivity index (χ4n) is 3.11. The predicted molar refractivity (Wildman–Crippen MR) is 124 cm³/mol. The molecular formula is C18H30IN7OS. The maximum atomic E-state index is 5.53. The van der Waals surface area contributed by atoms with Crippen LogP contribution < -0.4 is 10.6 Å². The smallest absolute Gasteiger partial charge is 0.191 e. The van der Waals surface area contributed by atoms with Gasteiger partial charge in [0.25, 0.3) is 0 Å². The van der Waals surface area contributed by atoms with E-state index in [-0.39, 0.29) is 24.0 Å². The van der Waals surface area contributed by atoms with Gasteiger partial charge in [-0.15, -0.1) is 45.5 Å². The van der Waals surface area contributed by atoms with Gasteiger partial charge in [0.15, 0.2) is 11.8 Å².